The fourth-order valence-corrected chi connectivity index (χ4v) is 2.87. The standard InChI is InChI=1S/C18H22N2O4/c1-12-11-23-9-8-20(12)17(21)10-15-13(2)24-18(19-15)14-6-4-5-7-16(14)22-3/h4-7,12H,8-11H2,1-3H3. The van der Waals surface area contributed by atoms with Gasteiger partial charge >= 0.3 is 0 Å². The number of carbonyl (C=O) groups excluding carboxylic acids is 1. The average Bonchev–Trinajstić information content (AvgIpc) is 2.95. The quantitative estimate of drug-likeness (QED) is 0.861. The fraction of sp³-hybridized carbons (Fsp3) is 0.444. The molecule has 2 heterocycles. The molecule has 0 radical (unpaired) electrons. The number of oxazole rings is 1. The van der Waals surface area contributed by atoms with E-state index in [2.05, 4.69) is 4.98 Å². The van der Waals surface area contributed by atoms with Crippen LogP contribution in [0.3, 0.4) is 0 Å². The lowest BCUT2D eigenvalue weighted by Gasteiger charge is -2.33. The van der Waals surface area contributed by atoms with Crippen LogP contribution in [0.25, 0.3) is 11.5 Å². The van der Waals surface area contributed by atoms with Crippen LogP contribution in [0, 0.1) is 6.92 Å². The van der Waals surface area contributed by atoms with Gasteiger partial charge in [0.15, 0.2) is 0 Å². The van der Waals surface area contributed by atoms with Crippen molar-refractivity contribution < 1.29 is 18.7 Å². The normalized spacial score (nSPS) is 17.8. The van der Waals surface area contributed by atoms with E-state index in [1.165, 1.54) is 0 Å². The second-order valence-electron chi connectivity index (χ2n) is 5.91. The third-order valence-corrected chi connectivity index (χ3v) is 4.24. The number of hydrogen-bond donors (Lipinski definition) is 0. The molecule has 1 fully saturated rings. The van der Waals surface area contributed by atoms with E-state index in [4.69, 9.17) is 13.9 Å². The molecule has 6 nitrogen and oxygen atoms in total. The molecule has 1 amide bonds. The number of para-hydroxylation sites is 1. The molecule has 1 saturated heterocycles. The molecule has 0 aliphatic carbocycles. The maximum absolute atomic E-state index is 12.6. The van der Waals surface area contributed by atoms with Gasteiger partial charge in [-0.2, -0.15) is 0 Å². The number of nitrogens with zero attached hydrogens (tertiary/aromatic N) is 2. The molecule has 1 aliphatic heterocycles. The first-order chi connectivity index (χ1) is 11.6. The van der Waals surface area contributed by atoms with Crippen molar-refractivity contribution in [2.75, 3.05) is 26.9 Å². The molecule has 0 bridgehead atoms. The first-order valence-electron chi connectivity index (χ1n) is 8.07. The fourth-order valence-electron chi connectivity index (χ4n) is 2.87. The van der Waals surface area contributed by atoms with E-state index in [-0.39, 0.29) is 18.4 Å². The number of methoxy groups -OCH3 is 1. The monoisotopic (exact) mass is 330 g/mol. The molecule has 0 N–H and O–H groups in total. The molecular weight excluding hydrogens is 308 g/mol. The van der Waals surface area contributed by atoms with Crippen LogP contribution < -0.4 is 4.74 Å². The van der Waals surface area contributed by atoms with Crippen molar-refractivity contribution in [1.29, 1.82) is 0 Å². The summed E-state index contributed by atoms with van der Waals surface area (Å²) >= 11 is 0. The third-order valence-electron chi connectivity index (χ3n) is 4.24. The zero-order chi connectivity index (χ0) is 17.1. The van der Waals surface area contributed by atoms with Gasteiger partial charge in [-0.05, 0) is 26.0 Å². The number of ether oxygens (including phenoxy) is 2. The van der Waals surface area contributed by atoms with Crippen molar-refractivity contribution in [2.45, 2.75) is 26.3 Å². The Kier molecular flexibility index (Phi) is 4.85. The van der Waals surface area contributed by atoms with Crippen LogP contribution in [-0.2, 0) is 16.0 Å². The molecule has 0 saturated carbocycles. The van der Waals surface area contributed by atoms with E-state index in [1.807, 2.05) is 43.0 Å². The molecule has 24 heavy (non-hydrogen) atoms. The van der Waals surface area contributed by atoms with Crippen molar-refractivity contribution >= 4 is 5.91 Å². The summed E-state index contributed by atoms with van der Waals surface area (Å²) in [6, 6.07) is 7.63. The van der Waals surface area contributed by atoms with Gasteiger partial charge in [-0.25, -0.2) is 4.98 Å². The number of aromatic nitrogens is 1. The molecule has 1 aromatic carbocycles. The van der Waals surface area contributed by atoms with E-state index in [0.29, 0.717) is 42.9 Å². The van der Waals surface area contributed by atoms with Gasteiger partial charge in [0.1, 0.15) is 11.5 Å². The highest BCUT2D eigenvalue weighted by Gasteiger charge is 2.25. The predicted molar refractivity (Wildman–Crippen MR) is 88.9 cm³/mol. The minimum Gasteiger partial charge on any atom is -0.496 e. The van der Waals surface area contributed by atoms with Crippen LogP contribution in [0.1, 0.15) is 18.4 Å². The second-order valence-corrected chi connectivity index (χ2v) is 5.91. The summed E-state index contributed by atoms with van der Waals surface area (Å²) in [4.78, 5) is 18.9. The summed E-state index contributed by atoms with van der Waals surface area (Å²) in [6.07, 6.45) is 0.231. The number of amides is 1. The number of morpholine rings is 1. The van der Waals surface area contributed by atoms with Crippen molar-refractivity contribution in [2.24, 2.45) is 0 Å². The number of hydrogen-bond acceptors (Lipinski definition) is 5. The van der Waals surface area contributed by atoms with Gasteiger partial charge in [0.05, 0.1) is 44.0 Å². The molecule has 1 aromatic heterocycles. The Bertz CT molecular complexity index is 726. The van der Waals surface area contributed by atoms with Crippen LogP contribution in [-0.4, -0.2) is 48.7 Å². The van der Waals surface area contributed by atoms with Crippen LogP contribution >= 0.6 is 0 Å². The minimum absolute atomic E-state index is 0.0498. The predicted octanol–water partition coefficient (Wildman–Crippen LogP) is 2.45. The summed E-state index contributed by atoms with van der Waals surface area (Å²) in [5.74, 6) is 1.88. The van der Waals surface area contributed by atoms with Crippen molar-refractivity contribution in [3.8, 4) is 17.2 Å². The molecule has 128 valence electrons. The highest BCUT2D eigenvalue weighted by atomic mass is 16.5. The highest BCUT2D eigenvalue weighted by molar-refractivity contribution is 5.79. The topological polar surface area (TPSA) is 64.8 Å². The van der Waals surface area contributed by atoms with E-state index < -0.39 is 0 Å². The van der Waals surface area contributed by atoms with Crippen molar-refractivity contribution in [1.82, 2.24) is 9.88 Å². The first kappa shape index (κ1) is 16.5. The zero-order valence-corrected chi connectivity index (χ0v) is 14.2. The van der Waals surface area contributed by atoms with Crippen molar-refractivity contribution in [3.63, 3.8) is 0 Å². The Morgan fingerprint density at radius 2 is 2.21 bits per heavy atom. The largest absolute Gasteiger partial charge is 0.496 e. The highest BCUT2D eigenvalue weighted by Crippen LogP contribution is 2.30. The molecule has 0 spiro atoms. The number of carbonyl (C=O) groups is 1. The Balaban J connectivity index is 1.80. The van der Waals surface area contributed by atoms with E-state index in [0.717, 1.165) is 5.56 Å². The van der Waals surface area contributed by atoms with Gasteiger partial charge in [-0.3, -0.25) is 4.79 Å². The van der Waals surface area contributed by atoms with Gasteiger partial charge in [0, 0.05) is 6.54 Å². The maximum atomic E-state index is 12.6. The summed E-state index contributed by atoms with van der Waals surface area (Å²) in [5, 5.41) is 0. The minimum atomic E-state index is 0.0498. The maximum Gasteiger partial charge on any atom is 0.230 e. The zero-order valence-electron chi connectivity index (χ0n) is 14.2. The molecule has 1 atom stereocenters. The Hall–Kier alpha value is -2.34. The van der Waals surface area contributed by atoms with Crippen LogP contribution in [0.4, 0.5) is 0 Å². The summed E-state index contributed by atoms with van der Waals surface area (Å²) < 4.78 is 16.5. The molecule has 1 unspecified atom stereocenters. The third kappa shape index (κ3) is 3.28. The summed E-state index contributed by atoms with van der Waals surface area (Å²) in [7, 11) is 1.61. The van der Waals surface area contributed by atoms with Crippen LogP contribution in [0.15, 0.2) is 28.7 Å². The number of aryl methyl sites for hydroxylation is 1. The first-order valence-corrected chi connectivity index (χ1v) is 8.07. The Morgan fingerprint density at radius 3 is 2.96 bits per heavy atom. The Labute approximate surface area is 141 Å². The van der Waals surface area contributed by atoms with Gasteiger partial charge in [0.2, 0.25) is 11.8 Å². The SMILES string of the molecule is COc1ccccc1-c1nc(CC(=O)N2CCOCC2C)c(C)o1. The summed E-state index contributed by atoms with van der Waals surface area (Å²) in [6.45, 7) is 5.61. The molecule has 6 heteroatoms. The molecule has 1 aliphatic rings. The van der Waals surface area contributed by atoms with Crippen molar-refractivity contribution in [3.05, 3.63) is 35.7 Å². The molecule has 2 aromatic rings. The average molecular weight is 330 g/mol. The lowest BCUT2D eigenvalue weighted by atomic mass is 10.2. The van der Waals surface area contributed by atoms with E-state index in [9.17, 15) is 4.79 Å². The van der Waals surface area contributed by atoms with Crippen LogP contribution in [0.5, 0.6) is 5.75 Å². The Morgan fingerprint density at radius 1 is 1.42 bits per heavy atom. The molecule has 3 rings (SSSR count). The van der Waals surface area contributed by atoms with Gasteiger partial charge in [0.25, 0.3) is 0 Å². The van der Waals surface area contributed by atoms with E-state index >= 15 is 0 Å². The smallest absolute Gasteiger partial charge is 0.230 e. The van der Waals surface area contributed by atoms with E-state index in [1.54, 1.807) is 7.11 Å². The lowest BCUT2D eigenvalue weighted by molar-refractivity contribution is -0.138. The lowest BCUT2D eigenvalue weighted by Crippen LogP contribution is -2.47. The van der Waals surface area contributed by atoms with Gasteiger partial charge in [-0.1, -0.05) is 12.1 Å². The number of rotatable bonds is 4. The van der Waals surface area contributed by atoms with Gasteiger partial charge < -0.3 is 18.8 Å². The second kappa shape index (κ2) is 7.05. The number of benzene rings is 1. The molecular formula is C18H22N2O4. The van der Waals surface area contributed by atoms with Crippen LogP contribution in [0.2, 0.25) is 0 Å². The van der Waals surface area contributed by atoms with Gasteiger partial charge in [-0.15, -0.1) is 0 Å². The summed E-state index contributed by atoms with van der Waals surface area (Å²) in [5.41, 5.74) is 1.45.